The summed E-state index contributed by atoms with van der Waals surface area (Å²) in [5, 5.41) is 8.28. The lowest BCUT2D eigenvalue weighted by molar-refractivity contribution is -0.119. The van der Waals surface area contributed by atoms with Gasteiger partial charge in [-0.05, 0) is 47.1 Å². The van der Waals surface area contributed by atoms with Crippen molar-refractivity contribution in [2.24, 2.45) is 5.73 Å². The number of nitrogens with zero attached hydrogens (tertiary/aromatic N) is 4. The predicted molar refractivity (Wildman–Crippen MR) is 88.2 cm³/mol. The fraction of sp³-hybridized carbons (Fsp3) is 0.200. The van der Waals surface area contributed by atoms with E-state index in [-0.39, 0.29) is 6.61 Å². The van der Waals surface area contributed by atoms with Crippen molar-refractivity contribution in [2.75, 3.05) is 6.61 Å². The molecule has 2 heterocycles. The highest BCUT2D eigenvalue weighted by molar-refractivity contribution is 9.10. The standard InChI is InChI=1S/C15H14BrN5O3/c1-9-12(16)6-21(19-9)7-14-18-15(20-24-14)10-2-4-11(5-3-10)23-8-13(17)22/h2-6H,7-8H2,1H3,(H2,17,22). The summed E-state index contributed by atoms with van der Waals surface area (Å²) in [7, 11) is 0. The first-order valence-electron chi connectivity index (χ1n) is 7.05. The zero-order valence-electron chi connectivity index (χ0n) is 12.8. The fourth-order valence-corrected chi connectivity index (χ4v) is 2.32. The third kappa shape index (κ3) is 3.80. The summed E-state index contributed by atoms with van der Waals surface area (Å²) < 4.78 is 13.1. The molecular weight excluding hydrogens is 378 g/mol. The van der Waals surface area contributed by atoms with Crippen molar-refractivity contribution in [3.63, 3.8) is 0 Å². The Labute approximate surface area is 145 Å². The van der Waals surface area contributed by atoms with Crippen LogP contribution in [0.2, 0.25) is 0 Å². The Morgan fingerprint density at radius 3 is 2.75 bits per heavy atom. The number of carbonyl (C=O) groups excluding carboxylic acids is 1. The summed E-state index contributed by atoms with van der Waals surface area (Å²) in [6.07, 6.45) is 1.85. The van der Waals surface area contributed by atoms with Crippen LogP contribution in [0.1, 0.15) is 11.6 Å². The Bertz CT molecular complexity index is 837. The molecule has 0 aliphatic carbocycles. The summed E-state index contributed by atoms with van der Waals surface area (Å²) in [4.78, 5) is 15.0. The zero-order chi connectivity index (χ0) is 17.1. The number of benzene rings is 1. The van der Waals surface area contributed by atoms with Crippen LogP contribution in [0.5, 0.6) is 5.75 Å². The average Bonchev–Trinajstić information content (AvgIpc) is 3.13. The molecular formula is C15H14BrN5O3. The van der Waals surface area contributed by atoms with Crippen LogP contribution in [0, 0.1) is 6.92 Å². The quantitative estimate of drug-likeness (QED) is 0.687. The van der Waals surface area contributed by atoms with Gasteiger partial charge in [0.25, 0.3) is 5.91 Å². The van der Waals surface area contributed by atoms with Gasteiger partial charge < -0.3 is 15.0 Å². The molecule has 3 aromatic rings. The van der Waals surface area contributed by atoms with Crippen molar-refractivity contribution < 1.29 is 14.1 Å². The third-order valence-corrected chi connectivity index (χ3v) is 3.92. The second kappa shape index (κ2) is 6.83. The Morgan fingerprint density at radius 2 is 2.12 bits per heavy atom. The number of carbonyl (C=O) groups is 1. The van der Waals surface area contributed by atoms with E-state index in [1.54, 1.807) is 28.9 Å². The van der Waals surface area contributed by atoms with Crippen LogP contribution < -0.4 is 10.5 Å². The number of ether oxygens (including phenoxy) is 1. The summed E-state index contributed by atoms with van der Waals surface area (Å²) in [6, 6.07) is 6.98. The maximum atomic E-state index is 10.7. The molecule has 24 heavy (non-hydrogen) atoms. The van der Waals surface area contributed by atoms with E-state index < -0.39 is 5.91 Å². The van der Waals surface area contributed by atoms with Crippen molar-refractivity contribution >= 4 is 21.8 Å². The van der Waals surface area contributed by atoms with Gasteiger partial charge in [0.15, 0.2) is 6.61 Å². The van der Waals surface area contributed by atoms with Gasteiger partial charge in [-0.2, -0.15) is 10.1 Å². The summed E-state index contributed by atoms with van der Waals surface area (Å²) in [5.41, 5.74) is 6.69. The lowest BCUT2D eigenvalue weighted by atomic mass is 10.2. The molecule has 0 fully saturated rings. The van der Waals surface area contributed by atoms with Crippen molar-refractivity contribution in [1.82, 2.24) is 19.9 Å². The number of rotatable bonds is 6. The highest BCUT2D eigenvalue weighted by Crippen LogP contribution is 2.20. The van der Waals surface area contributed by atoms with Crippen LogP contribution in [0.15, 0.2) is 39.5 Å². The maximum absolute atomic E-state index is 10.7. The smallest absolute Gasteiger partial charge is 0.255 e. The van der Waals surface area contributed by atoms with Gasteiger partial charge in [0.2, 0.25) is 11.7 Å². The zero-order valence-corrected chi connectivity index (χ0v) is 14.4. The number of halogens is 1. The normalized spacial score (nSPS) is 10.8. The van der Waals surface area contributed by atoms with Crippen molar-refractivity contribution in [3.8, 4) is 17.1 Å². The van der Waals surface area contributed by atoms with Gasteiger partial charge in [-0.1, -0.05) is 5.16 Å². The minimum atomic E-state index is -0.526. The summed E-state index contributed by atoms with van der Waals surface area (Å²) in [6.45, 7) is 2.13. The van der Waals surface area contributed by atoms with E-state index in [2.05, 4.69) is 31.2 Å². The molecule has 8 nitrogen and oxygen atoms in total. The Balaban J connectivity index is 1.69. The number of aromatic nitrogens is 4. The molecule has 0 saturated heterocycles. The van der Waals surface area contributed by atoms with Gasteiger partial charge >= 0.3 is 0 Å². The fourth-order valence-electron chi connectivity index (χ4n) is 2.00. The lowest BCUT2D eigenvalue weighted by Gasteiger charge is -2.03. The molecule has 1 aromatic carbocycles. The van der Waals surface area contributed by atoms with E-state index in [4.69, 9.17) is 15.0 Å². The lowest BCUT2D eigenvalue weighted by Crippen LogP contribution is -2.19. The topological polar surface area (TPSA) is 109 Å². The van der Waals surface area contributed by atoms with E-state index >= 15 is 0 Å². The Hall–Kier alpha value is -2.68. The number of nitrogens with two attached hydrogens (primary N) is 1. The van der Waals surface area contributed by atoms with E-state index in [1.165, 1.54) is 0 Å². The first-order valence-corrected chi connectivity index (χ1v) is 7.84. The van der Waals surface area contributed by atoms with Gasteiger partial charge in [0.05, 0.1) is 10.2 Å². The van der Waals surface area contributed by atoms with Crippen LogP contribution in [0.4, 0.5) is 0 Å². The summed E-state index contributed by atoms with van der Waals surface area (Å²) >= 11 is 3.41. The van der Waals surface area contributed by atoms with Crippen LogP contribution >= 0.6 is 15.9 Å². The molecule has 0 aliphatic heterocycles. The van der Waals surface area contributed by atoms with Crippen molar-refractivity contribution in [1.29, 1.82) is 0 Å². The molecule has 2 aromatic heterocycles. The van der Waals surface area contributed by atoms with Crippen molar-refractivity contribution in [2.45, 2.75) is 13.5 Å². The first-order chi connectivity index (χ1) is 11.5. The van der Waals surface area contributed by atoms with Gasteiger partial charge in [0.1, 0.15) is 12.3 Å². The molecule has 1 amide bonds. The largest absolute Gasteiger partial charge is 0.484 e. The molecule has 0 radical (unpaired) electrons. The number of primary amides is 1. The maximum Gasteiger partial charge on any atom is 0.255 e. The van der Waals surface area contributed by atoms with Crippen LogP contribution in [0.25, 0.3) is 11.4 Å². The molecule has 0 unspecified atom stereocenters. The minimum Gasteiger partial charge on any atom is -0.484 e. The molecule has 9 heteroatoms. The number of hydrogen-bond donors (Lipinski definition) is 1. The van der Waals surface area contributed by atoms with Gasteiger partial charge in [-0.15, -0.1) is 0 Å². The Morgan fingerprint density at radius 1 is 1.38 bits per heavy atom. The number of aryl methyl sites for hydroxylation is 1. The molecule has 0 spiro atoms. The first kappa shape index (κ1) is 16.2. The molecule has 0 bridgehead atoms. The predicted octanol–water partition coefficient (Wildman–Crippen LogP) is 1.92. The minimum absolute atomic E-state index is 0.162. The molecule has 0 saturated carbocycles. The molecule has 0 aliphatic rings. The molecule has 124 valence electrons. The highest BCUT2D eigenvalue weighted by atomic mass is 79.9. The van der Waals surface area contributed by atoms with Gasteiger partial charge in [-0.25, -0.2) is 0 Å². The molecule has 2 N–H and O–H groups in total. The average molecular weight is 392 g/mol. The van der Waals surface area contributed by atoms with Crippen LogP contribution in [-0.4, -0.2) is 32.4 Å². The second-order valence-corrected chi connectivity index (χ2v) is 5.91. The van der Waals surface area contributed by atoms with Crippen molar-refractivity contribution in [3.05, 3.63) is 46.5 Å². The number of hydrogen-bond acceptors (Lipinski definition) is 6. The van der Waals surface area contributed by atoms with Crippen LogP contribution in [-0.2, 0) is 11.3 Å². The molecule has 0 atom stereocenters. The van der Waals surface area contributed by atoms with E-state index in [0.717, 1.165) is 15.7 Å². The highest BCUT2D eigenvalue weighted by Gasteiger charge is 2.11. The monoisotopic (exact) mass is 391 g/mol. The SMILES string of the molecule is Cc1nn(Cc2nc(-c3ccc(OCC(N)=O)cc3)no2)cc1Br. The van der Waals surface area contributed by atoms with Gasteiger partial charge in [0, 0.05) is 11.8 Å². The second-order valence-electron chi connectivity index (χ2n) is 5.05. The summed E-state index contributed by atoms with van der Waals surface area (Å²) in [5.74, 6) is 0.934. The van der Waals surface area contributed by atoms with Crippen LogP contribution in [0.3, 0.4) is 0 Å². The van der Waals surface area contributed by atoms with E-state index in [1.807, 2.05) is 13.1 Å². The Kier molecular flexibility index (Phi) is 4.61. The third-order valence-electron chi connectivity index (χ3n) is 3.15. The van der Waals surface area contributed by atoms with E-state index in [0.29, 0.717) is 24.0 Å². The van der Waals surface area contributed by atoms with E-state index in [9.17, 15) is 4.79 Å². The van der Waals surface area contributed by atoms with Gasteiger partial charge in [-0.3, -0.25) is 9.48 Å². The number of amides is 1. The molecule has 3 rings (SSSR count).